The summed E-state index contributed by atoms with van der Waals surface area (Å²) in [5.74, 6) is -0.599. The number of nitrogens with one attached hydrogen (secondary N) is 1. The lowest BCUT2D eigenvalue weighted by Crippen LogP contribution is -2.34. The highest BCUT2D eigenvalue weighted by Crippen LogP contribution is 2.31. The van der Waals surface area contributed by atoms with Crippen LogP contribution in [0.2, 0.25) is 0 Å². The normalized spacial score (nSPS) is 16.2. The summed E-state index contributed by atoms with van der Waals surface area (Å²) in [6.45, 7) is 3.58. The van der Waals surface area contributed by atoms with Gasteiger partial charge in [-0.1, -0.05) is 18.9 Å². The van der Waals surface area contributed by atoms with Crippen molar-refractivity contribution in [3.05, 3.63) is 53.3 Å². The molecule has 2 aromatic rings. The predicted octanol–water partition coefficient (Wildman–Crippen LogP) is 4.01. The van der Waals surface area contributed by atoms with Gasteiger partial charge in [-0.15, -0.1) is 0 Å². The van der Waals surface area contributed by atoms with Crippen LogP contribution in [0.25, 0.3) is 0 Å². The van der Waals surface area contributed by atoms with E-state index in [-0.39, 0.29) is 35.2 Å². The number of sulfonamides is 1. The molecule has 2 aromatic carbocycles. The van der Waals surface area contributed by atoms with Crippen molar-refractivity contribution in [3.8, 4) is 0 Å². The number of likely N-dealkylation sites (tertiary alicyclic amines) is 1. The van der Waals surface area contributed by atoms with Crippen LogP contribution in [0.3, 0.4) is 0 Å². The Balaban J connectivity index is 1.40. The molecular weight excluding hydrogens is 457 g/mol. The molecule has 1 saturated heterocycles. The Hall–Kier alpha value is -2.94. The number of nitrogens with zero attached hydrogens (tertiary/aromatic N) is 2. The van der Waals surface area contributed by atoms with Crippen molar-refractivity contribution in [2.45, 2.75) is 56.8 Å². The lowest BCUT2D eigenvalue weighted by molar-refractivity contribution is -0.133. The van der Waals surface area contributed by atoms with E-state index in [1.54, 1.807) is 24.0 Å². The largest absolute Gasteiger partial charge is 0.343 e. The van der Waals surface area contributed by atoms with E-state index in [0.29, 0.717) is 24.2 Å². The van der Waals surface area contributed by atoms with Crippen LogP contribution in [-0.4, -0.2) is 44.8 Å². The highest BCUT2D eigenvalue weighted by molar-refractivity contribution is 7.92. The maximum atomic E-state index is 13.8. The van der Waals surface area contributed by atoms with Crippen LogP contribution in [0.4, 0.5) is 15.8 Å². The first-order valence-corrected chi connectivity index (χ1v) is 13.2. The Morgan fingerprint density at radius 1 is 0.941 bits per heavy atom. The number of rotatable bonds is 6. The number of benzene rings is 2. The summed E-state index contributed by atoms with van der Waals surface area (Å²) in [4.78, 5) is 28.9. The summed E-state index contributed by atoms with van der Waals surface area (Å²) in [5, 5.41) is 0. The van der Waals surface area contributed by atoms with Crippen molar-refractivity contribution in [1.29, 1.82) is 0 Å². The fourth-order valence-electron chi connectivity index (χ4n) is 4.50. The van der Waals surface area contributed by atoms with Gasteiger partial charge in [-0.05, 0) is 67.6 Å². The molecule has 2 amide bonds. The lowest BCUT2D eigenvalue weighted by Gasteiger charge is -2.21. The van der Waals surface area contributed by atoms with Crippen molar-refractivity contribution < 1.29 is 22.4 Å². The maximum Gasteiger partial charge on any atom is 0.261 e. The van der Waals surface area contributed by atoms with Crippen molar-refractivity contribution in [3.63, 3.8) is 0 Å². The molecule has 9 heteroatoms. The SMILES string of the molecule is Cc1ccc(NS(=O)(=O)c2ccc3c(c2)CCN3C(=O)CCC(=O)N2CCCCCC2)cc1F. The molecule has 7 nitrogen and oxygen atoms in total. The van der Waals surface area contributed by atoms with Gasteiger partial charge in [0.1, 0.15) is 5.82 Å². The van der Waals surface area contributed by atoms with Crippen LogP contribution < -0.4 is 9.62 Å². The van der Waals surface area contributed by atoms with E-state index in [1.807, 2.05) is 4.90 Å². The molecule has 0 aliphatic carbocycles. The summed E-state index contributed by atoms with van der Waals surface area (Å²) in [5.41, 5.74) is 2.01. The number of amides is 2. The molecule has 2 aliphatic heterocycles. The van der Waals surface area contributed by atoms with Gasteiger partial charge in [0.25, 0.3) is 10.0 Å². The Morgan fingerprint density at radius 2 is 1.65 bits per heavy atom. The Labute approximate surface area is 200 Å². The van der Waals surface area contributed by atoms with E-state index in [2.05, 4.69) is 4.72 Å². The second-order valence-corrected chi connectivity index (χ2v) is 10.6. The van der Waals surface area contributed by atoms with E-state index in [0.717, 1.165) is 50.4 Å². The van der Waals surface area contributed by atoms with E-state index < -0.39 is 15.8 Å². The second-order valence-electron chi connectivity index (χ2n) is 8.95. The number of fused-ring (bicyclic) bond motifs is 1. The summed E-state index contributed by atoms with van der Waals surface area (Å²) in [6.07, 6.45) is 5.16. The first-order chi connectivity index (χ1) is 16.2. The monoisotopic (exact) mass is 487 g/mol. The molecule has 0 atom stereocenters. The van der Waals surface area contributed by atoms with Crippen LogP contribution in [-0.2, 0) is 26.0 Å². The number of hydrogen-bond donors (Lipinski definition) is 1. The van der Waals surface area contributed by atoms with Gasteiger partial charge in [-0.3, -0.25) is 14.3 Å². The second kappa shape index (κ2) is 10.1. The van der Waals surface area contributed by atoms with Gasteiger partial charge in [0, 0.05) is 38.2 Å². The molecule has 34 heavy (non-hydrogen) atoms. The van der Waals surface area contributed by atoms with Gasteiger partial charge >= 0.3 is 0 Å². The Morgan fingerprint density at radius 3 is 2.35 bits per heavy atom. The third-order valence-electron chi connectivity index (χ3n) is 6.49. The number of carbonyl (C=O) groups excluding carboxylic acids is 2. The van der Waals surface area contributed by atoms with Gasteiger partial charge in [0.15, 0.2) is 0 Å². The molecule has 4 rings (SSSR count). The highest BCUT2D eigenvalue weighted by atomic mass is 32.2. The van der Waals surface area contributed by atoms with Crippen LogP contribution in [0.1, 0.15) is 49.7 Å². The molecule has 182 valence electrons. The molecule has 0 saturated carbocycles. The average Bonchev–Trinajstić information content (AvgIpc) is 3.04. The van der Waals surface area contributed by atoms with Gasteiger partial charge in [-0.25, -0.2) is 12.8 Å². The fraction of sp³-hybridized carbons (Fsp3) is 0.440. The summed E-state index contributed by atoms with van der Waals surface area (Å²) < 4.78 is 41.8. The molecular formula is C25H30FN3O4S. The number of anilines is 2. The van der Waals surface area contributed by atoms with Gasteiger partial charge in [0.05, 0.1) is 10.6 Å². The molecule has 0 radical (unpaired) electrons. The summed E-state index contributed by atoms with van der Waals surface area (Å²) in [7, 11) is -3.91. The van der Waals surface area contributed by atoms with E-state index in [1.165, 1.54) is 18.2 Å². The van der Waals surface area contributed by atoms with Crippen LogP contribution >= 0.6 is 0 Å². The van der Waals surface area contributed by atoms with Crippen LogP contribution in [0.15, 0.2) is 41.3 Å². The van der Waals surface area contributed by atoms with Gasteiger partial charge in [-0.2, -0.15) is 0 Å². The molecule has 0 spiro atoms. The zero-order chi connectivity index (χ0) is 24.3. The molecule has 2 heterocycles. The summed E-state index contributed by atoms with van der Waals surface area (Å²) >= 11 is 0. The maximum absolute atomic E-state index is 13.8. The molecule has 0 bridgehead atoms. The van der Waals surface area contributed by atoms with Crippen molar-refractivity contribution >= 4 is 33.2 Å². The Bertz CT molecular complexity index is 1190. The zero-order valence-corrected chi connectivity index (χ0v) is 20.2. The zero-order valence-electron chi connectivity index (χ0n) is 19.3. The molecule has 1 N–H and O–H groups in total. The van der Waals surface area contributed by atoms with Gasteiger partial charge < -0.3 is 9.80 Å². The number of carbonyl (C=O) groups is 2. The topological polar surface area (TPSA) is 86.8 Å². The quantitative estimate of drug-likeness (QED) is 0.667. The molecule has 0 aromatic heterocycles. The van der Waals surface area contributed by atoms with Crippen molar-refractivity contribution in [2.75, 3.05) is 29.3 Å². The molecule has 0 unspecified atom stereocenters. The predicted molar refractivity (Wildman–Crippen MR) is 129 cm³/mol. The number of hydrogen-bond acceptors (Lipinski definition) is 4. The first kappa shape index (κ1) is 24.2. The van der Waals surface area contributed by atoms with E-state index in [4.69, 9.17) is 0 Å². The number of halogens is 1. The first-order valence-electron chi connectivity index (χ1n) is 11.7. The van der Waals surface area contributed by atoms with Crippen LogP contribution in [0, 0.1) is 12.7 Å². The van der Waals surface area contributed by atoms with Crippen LogP contribution in [0.5, 0.6) is 0 Å². The Kier molecular flexibility index (Phi) is 7.21. The van der Waals surface area contributed by atoms with Crippen molar-refractivity contribution in [1.82, 2.24) is 4.90 Å². The lowest BCUT2D eigenvalue weighted by atomic mass is 10.2. The standard InChI is InChI=1S/C25H30FN3O4S/c1-18-6-7-20(17-22(18)26)27-34(32,33)21-8-9-23-19(16-21)12-15-29(23)25(31)11-10-24(30)28-13-4-2-3-5-14-28/h6-9,16-17,27H,2-5,10-15H2,1H3. The summed E-state index contributed by atoms with van der Waals surface area (Å²) in [6, 6.07) is 8.79. The van der Waals surface area contributed by atoms with E-state index >= 15 is 0 Å². The molecule has 1 fully saturated rings. The fourth-order valence-corrected chi connectivity index (χ4v) is 5.60. The highest BCUT2D eigenvalue weighted by Gasteiger charge is 2.27. The minimum atomic E-state index is -3.91. The van der Waals surface area contributed by atoms with Gasteiger partial charge in [0.2, 0.25) is 11.8 Å². The van der Waals surface area contributed by atoms with Crippen molar-refractivity contribution in [2.24, 2.45) is 0 Å². The molecule has 2 aliphatic rings. The third kappa shape index (κ3) is 5.41. The minimum absolute atomic E-state index is 0.0229. The van der Waals surface area contributed by atoms with E-state index in [9.17, 15) is 22.4 Å². The minimum Gasteiger partial charge on any atom is -0.343 e. The average molecular weight is 488 g/mol. The smallest absolute Gasteiger partial charge is 0.261 e. The number of aryl methyl sites for hydroxylation is 1. The third-order valence-corrected chi connectivity index (χ3v) is 7.87.